The van der Waals surface area contributed by atoms with E-state index in [4.69, 9.17) is 9.15 Å². The number of hydrogen-bond donors (Lipinski definition) is 0. The summed E-state index contributed by atoms with van der Waals surface area (Å²) in [5.74, 6) is 0.443. The predicted octanol–water partition coefficient (Wildman–Crippen LogP) is 2.17. The Morgan fingerprint density at radius 1 is 1.13 bits per heavy atom. The van der Waals surface area contributed by atoms with Gasteiger partial charge in [-0.15, -0.1) is 0 Å². The van der Waals surface area contributed by atoms with Gasteiger partial charge >= 0.3 is 6.18 Å². The van der Waals surface area contributed by atoms with Crippen molar-refractivity contribution in [2.24, 2.45) is 0 Å². The molecular weight excluding hydrogens is 403 g/mol. The minimum absolute atomic E-state index is 0.0337. The maximum absolute atomic E-state index is 13.8. The first-order chi connectivity index (χ1) is 14.4. The van der Waals surface area contributed by atoms with Crippen LogP contribution in [0.2, 0.25) is 0 Å². The van der Waals surface area contributed by atoms with E-state index in [0.29, 0.717) is 43.2 Å². The highest BCUT2D eigenvalue weighted by Gasteiger charge is 2.49. The van der Waals surface area contributed by atoms with E-state index in [-0.39, 0.29) is 18.4 Å². The van der Waals surface area contributed by atoms with Crippen molar-refractivity contribution in [2.75, 3.05) is 36.1 Å². The smallest absolute Gasteiger partial charge is 0.410 e. The van der Waals surface area contributed by atoms with Gasteiger partial charge in [-0.1, -0.05) is 12.1 Å². The van der Waals surface area contributed by atoms with E-state index in [0.717, 1.165) is 9.47 Å². The fourth-order valence-corrected chi connectivity index (χ4v) is 3.83. The topological polar surface area (TPSA) is 76.6 Å². The van der Waals surface area contributed by atoms with Crippen molar-refractivity contribution in [1.82, 2.24) is 14.5 Å². The lowest BCUT2D eigenvalue weighted by Crippen LogP contribution is -2.43. The summed E-state index contributed by atoms with van der Waals surface area (Å²) in [6.45, 7) is 1.20. The van der Waals surface area contributed by atoms with Gasteiger partial charge in [0.05, 0.1) is 26.3 Å². The van der Waals surface area contributed by atoms with Crippen LogP contribution in [0.4, 0.5) is 24.9 Å². The van der Waals surface area contributed by atoms with Gasteiger partial charge in [-0.25, -0.2) is 4.98 Å². The number of anilines is 2. The normalized spacial score (nSPS) is 19.5. The van der Waals surface area contributed by atoms with E-state index in [2.05, 4.69) is 9.97 Å². The number of rotatable bonds is 3. The van der Waals surface area contributed by atoms with Gasteiger partial charge in [0.25, 0.3) is 5.56 Å². The molecule has 1 saturated heterocycles. The number of nitrogens with zero attached hydrogens (tertiary/aromatic N) is 5. The second kappa shape index (κ2) is 7.01. The van der Waals surface area contributed by atoms with E-state index in [1.54, 1.807) is 24.3 Å². The molecule has 2 aliphatic heterocycles. The van der Waals surface area contributed by atoms with Gasteiger partial charge in [0, 0.05) is 19.2 Å². The summed E-state index contributed by atoms with van der Waals surface area (Å²) in [5, 5.41) is 0. The summed E-state index contributed by atoms with van der Waals surface area (Å²) < 4.78 is 53.4. The summed E-state index contributed by atoms with van der Waals surface area (Å²) in [7, 11) is 0. The van der Waals surface area contributed by atoms with Gasteiger partial charge in [0.1, 0.15) is 17.4 Å². The molecule has 1 unspecified atom stereocenters. The zero-order chi connectivity index (χ0) is 20.9. The first-order valence-electron chi connectivity index (χ1n) is 9.52. The van der Waals surface area contributed by atoms with E-state index in [9.17, 15) is 18.0 Å². The lowest BCUT2D eigenvalue weighted by Gasteiger charge is -2.29. The molecule has 0 aliphatic carbocycles. The zero-order valence-electron chi connectivity index (χ0n) is 15.8. The number of halogens is 3. The number of hydrogen-bond acceptors (Lipinski definition) is 7. The van der Waals surface area contributed by atoms with E-state index >= 15 is 0 Å². The molecule has 5 rings (SSSR count). The fourth-order valence-electron chi connectivity index (χ4n) is 3.83. The van der Waals surface area contributed by atoms with Gasteiger partial charge in [0.15, 0.2) is 5.58 Å². The number of fused-ring (bicyclic) bond motifs is 2. The molecule has 1 atom stereocenters. The highest BCUT2D eigenvalue weighted by molar-refractivity contribution is 5.72. The second-order valence-electron chi connectivity index (χ2n) is 7.22. The number of alkyl halides is 3. The second-order valence-corrected chi connectivity index (χ2v) is 7.22. The lowest BCUT2D eigenvalue weighted by molar-refractivity contribution is -0.149. The molecule has 4 heterocycles. The van der Waals surface area contributed by atoms with Gasteiger partial charge in [-0.05, 0) is 12.1 Å². The van der Waals surface area contributed by atoms with Gasteiger partial charge in [-0.2, -0.15) is 18.2 Å². The molecule has 3 aromatic rings. The minimum atomic E-state index is -4.55. The van der Waals surface area contributed by atoms with E-state index in [1.807, 2.05) is 4.90 Å². The van der Waals surface area contributed by atoms with Crippen LogP contribution in [0.1, 0.15) is 5.89 Å². The van der Waals surface area contributed by atoms with Crippen molar-refractivity contribution in [3.63, 3.8) is 0 Å². The molecule has 1 aromatic carbocycles. The molecule has 11 heteroatoms. The van der Waals surface area contributed by atoms with Crippen molar-refractivity contribution in [1.29, 1.82) is 0 Å². The monoisotopic (exact) mass is 421 g/mol. The Bertz CT molecular complexity index is 1100. The third kappa shape index (κ3) is 3.28. The average molecular weight is 421 g/mol. The molecule has 0 N–H and O–H groups in total. The number of ether oxygens (including phenoxy) is 1. The average Bonchev–Trinajstić information content (AvgIpc) is 3.30. The molecular formula is C19H18F3N5O3. The molecule has 30 heavy (non-hydrogen) atoms. The van der Waals surface area contributed by atoms with Crippen LogP contribution in [-0.2, 0) is 17.8 Å². The summed E-state index contributed by atoms with van der Waals surface area (Å²) in [4.78, 5) is 24.2. The van der Waals surface area contributed by atoms with Crippen molar-refractivity contribution < 1.29 is 22.3 Å². The highest BCUT2D eigenvalue weighted by atomic mass is 19.4. The zero-order valence-corrected chi connectivity index (χ0v) is 15.8. The number of benzene rings is 1. The molecule has 0 saturated carbocycles. The minimum Gasteiger partial charge on any atom is -0.439 e. The first-order valence-corrected chi connectivity index (χ1v) is 9.52. The predicted molar refractivity (Wildman–Crippen MR) is 102 cm³/mol. The van der Waals surface area contributed by atoms with Gasteiger partial charge < -0.3 is 19.0 Å². The fraction of sp³-hybridized carbons (Fsp3) is 0.421. The van der Waals surface area contributed by atoms with E-state index in [1.165, 1.54) is 6.07 Å². The molecule has 2 aromatic heterocycles. The van der Waals surface area contributed by atoms with Crippen LogP contribution in [0.15, 0.2) is 39.5 Å². The summed E-state index contributed by atoms with van der Waals surface area (Å²) in [6, 6.07) is 6.34. The number of aromatic nitrogens is 3. The van der Waals surface area contributed by atoms with Crippen molar-refractivity contribution in [2.45, 2.75) is 25.3 Å². The van der Waals surface area contributed by atoms with Crippen molar-refractivity contribution in [3.8, 4) is 0 Å². The van der Waals surface area contributed by atoms with Crippen LogP contribution in [0, 0.1) is 0 Å². The molecule has 0 amide bonds. The maximum Gasteiger partial charge on any atom is 0.410 e. The largest absolute Gasteiger partial charge is 0.439 e. The molecule has 0 spiro atoms. The lowest BCUT2D eigenvalue weighted by atomic mass is 10.2. The number of para-hydroxylation sites is 2. The third-order valence-electron chi connectivity index (χ3n) is 5.32. The van der Waals surface area contributed by atoms with Crippen LogP contribution in [-0.4, -0.2) is 53.1 Å². The third-order valence-corrected chi connectivity index (χ3v) is 5.32. The van der Waals surface area contributed by atoms with Crippen LogP contribution in [0.3, 0.4) is 0 Å². The molecule has 158 valence electrons. The first kappa shape index (κ1) is 18.9. The number of morpholine rings is 1. The van der Waals surface area contributed by atoms with Crippen molar-refractivity contribution >= 4 is 22.9 Å². The van der Waals surface area contributed by atoms with Crippen LogP contribution >= 0.6 is 0 Å². The van der Waals surface area contributed by atoms with Crippen LogP contribution in [0.25, 0.3) is 11.1 Å². The Hall–Kier alpha value is -3.08. The Morgan fingerprint density at radius 3 is 2.63 bits per heavy atom. The molecule has 0 bridgehead atoms. The molecule has 0 radical (unpaired) electrons. The van der Waals surface area contributed by atoms with Crippen LogP contribution in [0.5, 0.6) is 0 Å². The Labute approximate surface area is 168 Å². The maximum atomic E-state index is 13.8. The van der Waals surface area contributed by atoms with Gasteiger partial charge in [-0.3, -0.25) is 9.36 Å². The Kier molecular flexibility index (Phi) is 4.42. The quantitative estimate of drug-likeness (QED) is 0.642. The molecule has 1 fully saturated rings. The molecule has 8 nitrogen and oxygen atoms in total. The summed E-state index contributed by atoms with van der Waals surface area (Å²) in [6.07, 6.45) is -4.55. The molecule has 2 aliphatic rings. The summed E-state index contributed by atoms with van der Waals surface area (Å²) in [5.41, 5.74) is 0.529. The van der Waals surface area contributed by atoms with Crippen LogP contribution < -0.4 is 15.4 Å². The number of oxazole rings is 1. The van der Waals surface area contributed by atoms with Crippen molar-refractivity contribution in [3.05, 3.63) is 46.6 Å². The summed E-state index contributed by atoms with van der Waals surface area (Å²) >= 11 is 0. The Balaban J connectivity index is 1.55. The van der Waals surface area contributed by atoms with Gasteiger partial charge in [0.2, 0.25) is 11.8 Å². The SMILES string of the molecule is O=c1cc(N2CCOCC2)nc2n1CC(C(F)(F)F)N2Cc1nc2ccccc2o1. The van der Waals surface area contributed by atoms with E-state index < -0.39 is 24.3 Å². The Morgan fingerprint density at radius 2 is 1.90 bits per heavy atom. The highest BCUT2D eigenvalue weighted by Crippen LogP contribution is 2.36. The standard InChI is InChI=1S/C19H18F3N5O3/c20-19(21,22)14-10-27-17(28)9-15(25-5-7-29-8-6-25)24-18(27)26(14)11-16-23-12-3-1-2-4-13(12)30-16/h1-4,9,14H,5-8,10-11H2.